The highest BCUT2D eigenvalue weighted by Crippen LogP contribution is 2.21. The maximum absolute atomic E-state index is 12.6. The molecule has 1 aliphatic heterocycles. The summed E-state index contributed by atoms with van der Waals surface area (Å²) in [7, 11) is 1.00. The molecule has 0 saturated carbocycles. The summed E-state index contributed by atoms with van der Waals surface area (Å²) in [6, 6.07) is 0. The van der Waals surface area contributed by atoms with Crippen molar-refractivity contribution in [2.24, 2.45) is 0 Å². The van der Waals surface area contributed by atoms with Crippen LogP contribution in [0.2, 0.25) is 0 Å². The van der Waals surface area contributed by atoms with E-state index in [2.05, 4.69) is 0 Å². The molecule has 68 valence electrons. The van der Waals surface area contributed by atoms with Gasteiger partial charge in [-0.15, -0.1) is 0 Å². The van der Waals surface area contributed by atoms with Crippen LogP contribution in [0.1, 0.15) is 13.3 Å². The predicted octanol–water partition coefficient (Wildman–Crippen LogP) is 0.103. The van der Waals surface area contributed by atoms with Gasteiger partial charge in [0, 0.05) is 13.5 Å². The topological polar surface area (TPSA) is 49.7 Å². The zero-order chi connectivity index (χ0) is 8.85. The molecule has 0 aliphatic carbocycles. The van der Waals surface area contributed by atoms with Crippen molar-refractivity contribution >= 4 is 0 Å². The summed E-state index contributed by atoms with van der Waals surface area (Å²) in [5, 5.41) is 15.5. The van der Waals surface area contributed by atoms with Crippen LogP contribution in [0.4, 0.5) is 4.39 Å². The Morgan fingerprint density at radius 1 is 1.55 bits per heavy atom. The van der Waals surface area contributed by atoms with Crippen molar-refractivity contribution in [1.29, 1.82) is 0 Å². The summed E-state index contributed by atoms with van der Waals surface area (Å²) >= 11 is 0. The molecule has 0 aromatic heterocycles. The fraction of sp³-hybridized carbons (Fsp3) is 1.00. The maximum atomic E-state index is 12.6. The summed E-state index contributed by atoms with van der Waals surface area (Å²) in [6.45, 7) is 1.60. The number of hydrogen-bond acceptors (Lipinski definition) is 3. The third kappa shape index (κ3) is 3.14. The average Bonchev–Trinajstić information content (AvgIpc) is 2.33. The molecular weight excluding hydrogens is 151 g/mol. The first-order chi connectivity index (χ1) is 5.24. The van der Waals surface area contributed by atoms with E-state index < -0.39 is 12.3 Å². The quantitative estimate of drug-likeness (QED) is 0.581. The van der Waals surface area contributed by atoms with Crippen LogP contribution in [0.5, 0.6) is 0 Å². The molecule has 1 heterocycles. The average molecular weight is 166 g/mol. The van der Waals surface area contributed by atoms with Gasteiger partial charge in [0.1, 0.15) is 12.3 Å². The minimum atomic E-state index is -0.968. The van der Waals surface area contributed by atoms with Crippen molar-refractivity contribution in [3.63, 3.8) is 0 Å². The van der Waals surface area contributed by atoms with Crippen molar-refractivity contribution in [2.75, 3.05) is 13.7 Å². The summed E-state index contributed by atoms with van der Waals surface area (Å²) in [4.78, 5) is 0. The summed E-state index contributed by atoms with van der Waals surface area (Å²) < 4.78 is 17.6. The largest absolute Gasteiger partial charge is 0.400 e. The van der Waals surface area contributed by atoms with Crippen LogP contribution in [0.25, 0.3) is 0 Å². The molecule has 0 aromatic carbocycles. The number of halogens is 1. The molecule has 0 bridgehead atoms. The van der Waals surface area contributed by atoms with Gasteiger partial charge in [-0.25, -0.2) is 4.39 Å². The zero-order valence-corrected chi connectivity index (χ0v) is 6.83. The summed E-state index contributed by atoms with van der Waals surface area (Å²) in [5.74, 6) is 0. The van der Waals surface area contributed by atoms with Crippen LogP contribution in [-0.4, -0.2) is 42.3 Å². The van der Waals surface area contributed by atoms with Crippen LogP contribution in [0.3, 0.4) is 0 Å². The lowest BCUT2D eigenvalue weighted by Crippen LogP contribution is -2.21. The summed E-state index contributed by atoms with van der Waals surface area (Å²) in [5.41, 5.74) is 0. The van der Waals surface area contributed by atoms with E-state index in [1.54, 1.807) is 0 Å². The van der Waals surface area contributed by atoms with Crippen LogP contribution < -0.4 is 0 Å². The van der Waals surface area contributed by atoms with E-state index in [4.69, 9.17) is 14.9 Å². The highest BCUT2D eigenvalue weighted by Gasteiger charge is 2.31. The molecule has 0 radical (unpaired) electrons. The molecule has 4 heteroatoms. The number of hydrogen-bond donors (Lipinski definition) is 2. The van der Waals surface area contributed by atoms with Crippen molar-refractivity contribution in [2.45, 2.75) is 31.7 Å². The second-order valence-electron chi connectivity index (χ2n) is 2.42. The van der Waals surface area contributed by atoms with E-state index in [-0.39, 0.29) is 12.7 Å². The second kappa shape index (κ2) is 5.46. The molecule has 0 amide bonds. The lowest BCUT2D eigenvalue weighted by Gasteiger charge is -2.07. The minimum absolute atomic E-state index is 0.0304. The number of rotatable bonds is 1. The van der Waals surface area contributed by atoms with E-state index in [9.17, 15) is 4.39 Å². The van der Waals surface area contributed by atoms with Crippen molar-refractivity contribution in [1.82, 2.24) is 0 Å². The normalized spacial score (nSPS) is 36.3. The van der Waals surface area contributed by atoms with Gasteiger partial charge in [0.15, 0.2) is 0 Å². The van der Waals surface area contributed by atoms with Gasteiger partial charge in [-0.2, -0.15) is 0 Å². The van der Waals surface area contributed by atoms with E-state index in [1.807, 2.05) is 6.92 Å². The Balaban J connectivity index is 0.000000461. The standard InChI is InChI=1S/C6H11FO2.CH4O/c1-4-2-5(7)6(3-8)9-4;1-2/h4-6,8H,2-3H2,1H3;2H,1H3. The van der Waals surface area contributed by atoms with Gasteiger partial charge in [-0.3, -0.25) is 0 Å². The molecule has 3 nitrogen and oxygen atoms in total. The molecule has 0 spiro atoms. The first kappa shape index (κ1) is 10.8. The van der Waals surface area contributed by atoms with Crippen LogP contribution in [0.15, 0.2) is 0 Å². The Morgan fingerprint density at radius 2 is 2.09 bits per heavy atom. The first-order valence-corrected chi connectivity index (χ1v) is 3.59. The molecule has 1 saturated heterocycles. The lowest BCUT2D eigenvalue weighted by atomic mass is 10.2. The lowest BCUT2D eigenvalue weighted by molar-refractivity contribution is 0.000910. The smallest absolute Gasteiger partial charge is 0.131 e. The minimum Gasteiger partial charge on any atom is -0.400 e. The van der Waals surface area contributed by atoms with Gasteiger partial charge < -0.3 is 14.9 Å². The Bertz CT molecular complexity index is 99.7. The summed E-state index contributed by atoms with van der Waals surface area (Å²) in [6.07, 6.45) is -1.15. The van der Waals surface area contributed by atoms with E-state index >= 15 is 0 Å². The number of ether oxygens (including phenoxy) is 1. The molecular formula is C7H15FO3. The fourth-order valence-corrected chi connectivity index (χ4v) is 1.07. The Morgan fingerprint density at radius 3 is 2.27 bits per heavy atom. The molecule has 0 aromatic rings. The van der Waals surface area contributed by atoms with E-state index in [0.717, 1.165) is 7.11 Å². The van der Waals surface area contributed by atoms with Gasteiger partial charge in [-0.05, 0) is 6.92 Å². The molecule has 1 rings (SSSR count). The Labute approximate surface area is 65.8 Å². The molecule has 2 N–H and O–H groups in total. The Kier molecular flexibility index (Phi) is 5.36. The fourth-order valence-electron chi connectivity index (χ4n) is 1.07. The number of aliphatic hydroxyl groups excluding tert-OH is 2. The highest BCUT2D eigenvalue weighted by molar-refractivity contribution is 4.79. The third-order valence-corrected chi connectivity index (χ3v) is 1.55. The zero-order valence-electron chi connectivity index (χ0n) is 6.83. The monoisotopic (exact) mass is 166 g/mol. The van der Waals surface area contributed by atoms with E-state index in [1.165, 1.54) is 0 Å². The van der Waals surface area contributed by atoms with Crippen LogP contribution in [0, 0.1) is 0 Å². The molecule has 1 aliphatic rings. The molecule has 3 unspecified atom stereocenters. The van der Waals surface area contributed by atoms with Crippen molar-refractivity contribution in [3.8, 4) is 0 Å². The first-order valence-electron chi connectivity index (χ1n) is 3.59. The SMILES string of the molecule is CC1CC(F)C(CO)O1.CO. The Hall–Kier alpha value is -0.190. The van der Waals surface area contributed by atoms with Crippen molar-refractivity contribution < 1.29 is 19.3 Å². The number of aliphatic hydroxyl groups is 2. The van der Waals surface area contributed by atoms with Gasteiger partial charge in [0.05, 0.1) is 12.7 Å². The molecule has 3 atom stereocenters. The third-order valence-electron chi connectivity index (χ3n) is 1.55. The van der Waals surface area contributed by atoms with Gasteiger partial charge in [-0.1, -0.05) is 0 Å². The van der Waals surface area contributed by atoms with E-state index in [0.29, 0.717) is 6.42 Å². The maximum Gasteiger partial charge on any atom is 0.131 e. The molecule has 1 fully saturated rings. The van der Waals surface area contributed by atoms with Gasteiger partial charge in [0.2, 0.25) is 0 Å². The van der Waals surface area contributed by atoms with Crippen LogP contribution >= 0.6 is 0 Å². The number of alkyl halides is 1. The van der Waals surface area contributed by atoms with Gasteiger partial charge >= 0.3 is 0 Å². The molecule has 11 heavy (non-hydrogen) atoms. The second-order valence-corrected chi connectivity index (χ2v) is 2.42. The van der Waals surface area contributed by atoms with Crippen molar-refractivity contribution in [3.05, 3.63) is 0 Å². The van der Waals surface area contributed by atoms with Crippen LogP contribution in [-0.2, 0) is 4.74 Å². The van der Waals surface area contributed by atoms with Gasteiger partial charge in [0.25, 0.3) is 0 Å². The predicted molar refractivity (Wildman–Crippen MR) is 39.1 cm³/mol. The highest BCUT2D eigenvalue weighted by atomic mass is 19.1.